The zero-order valence-electron chi connectivity index (χ0n) is 13.2. The van der Waals surface area contributed by atoms with Crippen LogP contribution < -0.4 is 10.2 Å². The molecule has 1 heterocycles. The summed E-state index contributed by atoms with van der Waals surface area (Å²) >= 11 is 5.07. The van der Waals surface area contributed by atoms with Gasteiger partial charge in [0, 0.05) is 39.2 Å². The average Bonchev–Trinajstić information content (AvgIpc) is 2.53. The van der Waals surface area contributed by atoms with Crippen LogP contribution in [0.5, 0.6) is 0 Å². The van der Waals surface area contributed by atoms with Crippen molar-refractivity contribution in [1.82, 2.24) is 10.2 Å². The van der Waals surface area contributed by atoms with Gasteiger partial charge in [-0.1, -0.05) is 0 Å². The molecule has 25 heavy (non-hydrogen) atoms. The maximum atomic E-state index is 12.8. The molecule has 1 fully saturated rings. The van der Waals surface area contributed by atoms with Gasteiger partial charge in [-0.25, -0.2) is 0 Å². The summed E-state index contributed by atoms with van der Waals surface area (Å²) in [5, 5.41) is 13.9. The summed E-state index contributed by atoms with van der Waals surface area (Å²) in [4.78, 5) is 24.7. The molecule has 0 aromatic heterocycles. The van der Waals surface area contributed by atoms with Gasteiger partial charge in [-0.2, -0.15) is 13.2 Å². The lowest BCUT2D eigenvalue weighted by molar-refractivity contribution is -0.384. The number of nitro groups is 1. The molecular weight excluding hydrogens is 361 g/mol. The molecule has 0 atom stereocenters. The number of carbonyl (C=O) groups excluding carboxylic acids is 1. The molecule has 11 heteroatoms. The van der Waals surface area contributed by atoms with Crippen LogP contribution in [0.4, 0.5) is 24.5 Å². The minimum atomic E-state index is -4.65. The Morgan fingerprint density at radius 3 is 2.36 bits per heavy atom. The van der Waals surface area contributed by atoms with Crippen LogP contribution in [0.1, 0.15) is 12.5 Å². The molecule has 7 nitrogen and oxygen atoms in total. The van der Waals surface area contributed by atoms with Crippen LogP contribution in [0, 0.1) is 10.1 Å². The second kappa shape index (κ2) is 7.21. The van der Waals surface area contributed by atoms with Crippen LogP contribution in [-0.2, 0) is 11.0 Å². The molecule has 0 unspecified atom stereocenters. The Bertz CT molecular complexity index is 703. The smallest absolute Gasteiger partial charge is 0.362 e. The van der Waals surface area contributed by atoms with E-state index in [1.165, 1.54) is 6.92 Å². The molecule has 0 aliphatic carbocycles. The number of amides is 1. The lowest BCUT2D eigenvalue weighted by atomic mass is 10.1. The first-order valence-corrected chi connectivity index (χ1v) is 7.67. The predicted octanol–water partition coefficient (Wildman–Crippen LogP) is 2.16. The molecule has 1 aromatic rings. The highest BCUT2D eigenvalue weighted by Gasteiger charge is 2.34. The maximum absolute atomic E-state index is 12.8. The Morgan fingerprint density at radius 2 is 1.88 bits per heavy atom. The largest absolute Gasteiger partial charge is 0.416 e. The first-order chi connectivity index (χ1) is 11.6. The van der Waals surface area contributed by atoms with Crippen molar-refractivity contribution in [1.29, 1.82) is 0 Å². The van der Waals surface area contributed by atoms with E-state index in [0.717, 1.165) is 12.1 Å². The van der Waals surface area contributed by atoms with Crippen LogP contribution in [0.25, 0.3) is 0 Å². The van der Waals surface area contributed by atoms with Crippen molar-refractivity contribution in [3.8, 4) is 0 Å². The van der Waals surface area contributed by atoms with E-state index < -0.39 is 22.4 Å². The number of rotatable bonds is 2. The second-order valence-corrected chi connectivity index (χ2v) is 5.81. The van der Waals surface area contributed by atoms with Gasteiger partial charge in [0.15, 0.2) is 5.11 Å². The number of piperazine rings is 1. The normalized spacial score (nSPS) is 15.0. The van der Waals surface area contributed by atoms with Gasteiger partial charge in [-0.3, -0.25) is 14.9 Å². The molecule has 0 saturated carbocycles. The Hall–Kier alpha value is -2.43. The Kier molecular flexibility index (Phi) is 5.45. The molecular formula is C14H15F3N4O3S. The van der Waals surface area contributed by atoms with Gasteiger partial charge < -0.3 is 15.1 Å². The SMILES string of the molecule is CC(=O)NC(=S)N1CCN(c2ccc(C(F)(F)F)cc2[N+](=O)[O-])CC1. The van der Waals surface area contributed by atoms with Crippen molar-refractivity contribution < 1.29 is 22.9 Å². The fourth-order valence-corrected chi connectivity index (χ4v) is 2.82. The fourth-order valence-electron chi connectivity index (χ4n) is 2.49. The zero-order chi connectivity index (χ0) is 18.8. The zero-order valence-corrected chi connectivity index (χ0v) is 14.0. The third-order valence-corrected chi connectivity index (χ3v) is 4.05. The summed E-state index contributed by atoms with van der Waals surface area (Å²) in [6.45, 7) is 2.75. The van der Waals surface area contributed by atoms with Gasteiger partial charge in [0.05, 0.1) is 10.5 Å². The summed E-state index contributed by atoms with van der Waals surface area (Å²) in [5.74, 6) is -0.300. The third kappa shape index (κ3) is 4.56. The van der Waals surface area contributed by atoms with E-state index in [0.29, 0.717) is 32.2 Å². The van der Waals surface area contributed by atoms with Gasteiger partial charge in [0.25, 0.3) is 5.69 Å². The monoisotopic (exact) mass is 376 g/mol. The van der Waals surface area contributed by atoms with Crippen molar-refractivity contribution in [2.45, 2.75) is 13.1 Å². The molecule has 1 aliphatic heterocycles. The number of thiocarbonyl (C=S) groups is 1. The van der Waals surface area contributed by atoms with Crippen molar-refractivity contribution in [3.05, 3.63) is 33.9 Å². The van der Waals surface area contributed by atoms with Gasteiger partial charge >= 0.3 is 6.18 Å². The number of carbonyl (C=O) groups is 1. The van der Waals surface area contributed by atoms with Gasteiger partial charge in [0.2, 0.25) is 5.91 Å². The molecule has 2 rings (SSSR count). The number of nitrogens with one attached hydrogen (secondary N) is 1. The number of alkyl halides is 3. The Balaban J connectivity index is 2.16. The van der Waals surface area contributed by atoms with Gasteiger partial charge in [0.1, 0.15) is 5.69 Å². The number of halogens is 3. The van der Waals surface area contributed by atoms with Crippen molar-refractivity contribution >= 4 is 34.6 Å². The number of hydrogen-bond donors (Lipinski definition) is 1. The van der Waals surface area contributed by atoms with E-state index in [2.05, 4.69) is 5.32 Å². The van der Waals surface area contributed by atoms with Crippen LogP contribution in [-0.4, -0.2) is 47.0 Å². The molecule has 1 N–H and O–H groups in total. The minimum absolute atomic E-state index is 0.128. The average molecular weight is 376 g/mol. The highest BCUT2D eigenvalue weighted by Crippen LogP contribution is 2.36. The topological polar surface area (TPSA) is 78.7 Å². The molecule has 1 aromatic carbocycles. The predicted molar refractivity (Wildman–Crippen MR) is 88.3 cm³/mol. The Morgan fingerprint density at radius 1 is 1.28 bits per heavy atom. The number of benzene rings is 1. The maximum Gasteiger partial charge on any atom is 0.416 e. The van der Waals surface area contributed by atoms with Gasteiger partial charge in [-0.15, -0.1) is 0 Å². The number of nitrogens with zero attached hydrogens (tertiary/aromatic N) is 3. The van der Waals surface area contributed by atoms with E-state index in [-0.39, 0.29) is 16.7 Å². The Labute approximate surface area is 146 Å². The van der Waals surface area contributed by atoms with Crippen LogP contribution >= 0.6 is 12.2 Å². The minimum Gasteiger partial charge on any atom is -0.362 e. The highest BCUT2D eigenvalue weighted by molar-refractivity contribution is 7.80. The fraction of sp³-hybridized carbons (Fsp3) is 0.429. The lowest BCUT2D eigenvalue weighted by Crippen LogP contribution is -2.52. The summed E-state index contributed by atoms with van der Waals surface area (Å²) in [5.41, 5.74) is -1.52. The molecule has 136 valence electrons. The van der Waals surface area contributed by atoms with Crippen molar-refractivity contribution in [2.24, 2.45) is 0 Å². The lowest BCUT2D eigenvalue weighted by Gasteiger charge is -2.36. The van der Waals surface area contributed by atoms with E-state index >= 15 is 0 Å². The summed E-state index contributed by atoms with van der Waals surface area (Å²) in [6, 6.07) is 2.49. The van der Waals surface area contributed by atoms with E-state index in [4.69, 9.17) is 12.2 Å². The van der Waals surface area contributed by atoms with Crippen LogP contribution in [0.3, 0.4) is 0 Å². The van der Waals surface area contributed by atoms with E-state index in [9.17, 15) is 28.1 Å². The van der Waals surface area contributed by atoms with E-state index in [1.54, 1.807) is 9.80 Å². The molecule has 0 bridgehead atoms. The van der Waals surface area contributed by atoms with Crippen molar-refractivity contribution in [2.75, 3.05) is 31.1 Å². The molecule has 1 aliphatic rings. The summed E-state index contributed by atoms with van der Waals surface area (Å²) in [7, 11) is 0. The molecule has 0 spiro atoms. The number of hydrogen-bond acceptors (Lipinski definition) is 5. The van der Waals surface area contributed by atoms with E-state index in [1.807, 2.05) is 0 Å². The molecule has 1 saturated heterocycles. The molecule has 1 amide bonds. The van der Waals surface area contributed by atoms with Crippen LogP contribution in [0.15, 0.2) is 18.2 Å². The van der Waals surface area contributed by atoms with Gasteiger partial charge in [-0.05, 0) is 24.4 Å². The number of anilines is 1. The first kappa shape index (κ1) is 18.9. The highest BCUT2D eigenvalue weighted by atomic mass is 32.1. The standard InChI is InChI=1S/C14H15F3N4O3S/c1-9(22)18-13(25)20-6-4-19(5-7-20)11-3-2-10(14(15,16)17)8-12(11)21(23)24/h2-3,8H,4-7H2,1H3,(H,18,22,25). The third-order valence-electron chi connectivity index (χ3n) is 3.69. The second-order valence-electron chi connectivity index (χ2n) is 5.42. The van der Waals surface area contributed by atoms with Crippen LogP contribution in [0.2, 0.25) is 0 Å². The number of nitro benzene ring substituents is 1. The summed E-state index contributed by atoms with van der Waals surface area (Å²) < 4.78 is 38.3. The molecule has 0 radical (unpaired) electrons. The first-order valence-electron chi connectivity index (χ1n) is 7.26. The van der Waals surface area contributed by atoms with Crippen molar-refractivity contribution in [3.63, 3.8) is 0 Å². The quantitative estimate of drug-likeness (QED) is 0.484. The summed E-state index contributed by atoms with van der Waals surface area (Å²) in [6.07, 6.45) is -4.65.